The van der Waals surface area contributed by atoms with Crippen molar-refractivity contribution in [3.8, 4) is 11.4 Å². The topological polar surface area (TPSA) is 90.2 Å². The number of rotatable bonds is 4. The Kier molecular flexibility index (Phi) is 5.81. The van der Waals surface area contributed by atoms with Gasteiger partial charge in [-0.3, -0.25) is 0 Å². The molecule has 3 aromatic rings. The summed E-state index contributed by atoms with van der Waals surface area (Å²) in [6.45, 7) is 2.02. The van der Waals surface area contributed by atoms with Gasteiger partial charge >= 0.3 is 6.18 Å². The van der Waals surface area contributed by atoms with E-state index < -0.39 is 17.6 Å². The Morgan fingerprint density at radius 1 is 1.19 bits per heavy atom. The van der Waals surface area contributed by atoms with E-state index in [-0.39, 0.29) is 39.5 Å². The van der Waals surface area contributed by atoms with Crippen LogP contribution in [-0.4, -0.2) is 21.1 Å². The van der Waals surface area contributed by atoms with Gasteiger partial charge < -0.3 is 11.5 Å². The Bertz CT molecular complexity index is 1210. The molecule has 1 aliphatic heterocycles. The second-order valence-electron chi connectivity index (χ2n) is 7.27. The Balaban J connectivity index is 1.89. The summed E-state index contributed by atoms with van der Waals surface area (Å²) in [6, 6.07) is 8.83. The lowest BCUT2D eigenvalue weighted by molar-refractivity contribution is -0.137. The highest BCUT2D eigenvalue weighted by atomic mass is 32.2. The van der Waals surface area contributed by atoms with Gasteiger partial charge in [0.2, 0.25) is 0 Å². The number of anilines is 1. The molecule has 0 saturated carbocycles. The number of aliphatic imine (C=N–C) groups is 1. The van der Waals surface area contributed by atoms with E-state index in [1.54, 1.807) is 0 Å². The first-order valence-corrected chi connectivity index (χ1v) is 10.7. The van der Waals surface area contributed by atoms with Crippen LogP contribution in [0.3, 0.4) is 0 Å². The average molecular weight is 461 g/mol. The van der Waals surface area contributed by atoms with E-state index in [4.69, 9.17) is 11.5 Å². The number of nitrogens with two attached hydrogens (primary N) is 2. The number of nitrogen functional groups attached to an aromatic ring is 1. The van der Waals surface area contributed by atoms with E-state index in [9.17, 15) is 17.6 Å². The van der Waals surface area contributed by atoms with E-state index in [2.05, 4.69) is 15.0 Å². The predicted molar refractivity (Wildman–Crippen MR) is 117 cm³/mol. The lowest BCUT2D eigenvalue weighted by Crippen LogP contribution is -2.16. The fourth-order valence-corrected chi connectivity index (χ4v) is 4.64. The third-order valence-corrected chi connectivity index (χ3v) is 6.56. The minimum Gasteiger partial charge on any atom is -0.398 e. The van der Waals surface area contributed by atoms with Gasteiger partial charge in [-0.05, 0) is 30.7 Å². The van der Waals surface area contributed by atoms with Crippen molar-refractivity contribution in [2.45, 2.75) is 36.1 Å². The summed E-state index contributed by atoms with van der Waals surface area (Å²) in [7, 11) is 0. The van der Waals surface area contributed by atoms with Gasteiger partial charge in [0.1, 0.15) is 11.7 Å². The van der Waals surface area contributed by atoms with Gasteiger partial charge in [-0.1, -0.05) is 25.1 Å². The highest BCUT2D eigenvalue weighted by Crippen LogP contribution is 2.44. The van der Waals surface area contributed by atoms with Crippen LogP contribution in [-0.2, 0) is 12.6 Å². The lowest BCUT2D eigenvalue weighted by Gasteiger charge is -2.13. The van der Waals surface area contributed by atoms with Gasteiger partial charge in [-0.25, -0.2) is 19.4 Å². The molecule has 1 atom stereocenters. The monoisotopic (exact) mass is 461 g/mol. The summed E-state index contributed by atoms with van der Waals surface area (Å²) in [5, 5.41) is 0.196. The van der Waals surface area contributed by atoms with Gasteiger partial charge in [0, 0.05) is 28.5 Å². The molecule has 166 valence electrons. The zero-order valence-corrected chi connectivity index (χ0v) is 17.8. The third kappa shape index (κ3) is 4.27. The molecule has 4 N–H and O–H groups in total. The minimum atomic E-state index is -4.57. The van der Waals surface area contributed by atoms with E-state index in [0.29, 0.717) is 17.0 Å². The molecule has 32 heavy (non-hydrogen) atoms. The second kappa shape index (κ2) is 8.42. The van der Waals surface area contributed by atoms with Gasteiger partial charge in [0.25, 0.3) is 0 Å². The summed E-state index contributed by atoms with van der Waals surface area (Å²) in [5.74, 6) is -0.573. The molecule has 0 spiro atoms. The second-order valence-corrected chi connectivity index (χ2v) is 8.58. The molecule has 2 aromatic carbocycles. The summed E-state index contributed by atoms with van der Waals surface area (Å²) in [4.78, 5) is 13.8. The fraction of sp³-hybridized carbons (Fsp3) is 0.227. The Labute approximate surface area is 186 Å². The molecule has 0 radical (unpaired) electrons. The van der Waals surface area contributed by atoms with E-state index >= 15 is 0 Å². The Morgan fingerprint density at radius 3 is 2.66 bits per heavy atom. The van der Waals surface area contributed by atoms with Gasteiger partial charge in [-0.15, -0.1) is 11.8 Å². The summed E-state index contributed by atoms with van der Waals surface area (Å²) < 4.78 is 54.4. The average Bonchev–Trinajstić information content (AvgIpc) is 3.18. The lowest BCUT2D eigenvalue weighted by atomic mass is 10.1. The number of alkyl halides is 3. The van der Waals surface area contributed by atoms with Crippen LogP contribution in [0.1, 0.15) is 30.2 Å². The van der Waals surface area contributed by atoms with Crippen LogP contribution in [0, 0.1) is 5.82 Å². The van der Waals surface area contributed by atoms with Crippen LogP contribution >= 0.6 is 11.8 Å². The molecular weight excluding hydrogens is 442 g/mol. The molecule has 5 nitrogen and oxygen atoms in total. The molecule has 2 heterocycles. The first-order valence-electron chi connectivity index (χ1n) is 9.81. The van der Waals surface area contributed by atoms with Crippen molar-refractivity contribution in [1.82, 2.24) is 9.97 Å². The number of amidine groups is 1. The number of fused-ring (bicyclic) bond motifs is 1. The van der Waals surface area contributed by atoms with Crippen molar-refractivity contribution >= 4 is 29.1 Å². The van der Waals surface area contributed by atoms with Crippen LogP contribution in [0.5, 0.6) is 0 Å². The standard InChI is InChI=1S/C22H19F4N5S/c1-2-12-10-17-18(32-12)21(30-19(28)14-9-11(23)7-8-16(14)27)31-20(29-17)13-5-3-4-6-15(13)22(24,25)26/h3-9,12H,2,10,27H2,1H3,(H2,28,29,30,31). The van der Waals surface area contributed by atoms with Crippen LogP contribution in [0.15, 0.2) is 52.4 Å². The van der Waals surface area contributed by atoms with Gasteiger partial charge in [0.05, 0.1) is 16.2 Å². The van der Waals surface area contributed by atoms with E-state index in [0.717, 1.165) is 18.6 Å². The molecule has 10 heteroatoms. The Hall–Kier alpha value is -3.14. The first-order chi connectivity index (χ1) is 15.2. The van der Waals surface area contributed by atoms with Crippen LogP contribution < -0.4 is 11.5 Å². The number of halogens is 4. The maximum Gasteiger partial charge on any atom is 0.417 e. The van der Waals surface area contributed by atoms with Crippen LogP contribution in [0.2, 0.25) is 0 Å². The molecule has 0 bridgehead atoms. The molecule has 0 amide bonds. The molecule has 1 unspecified atom stereocenters. The molecule has 1 aromatic heterocycles. The van der Waals surface area contributed by atoms with E-state index in [1.807, 2.05) is 6.92 Å². The summed E-state index contributed by atoms with van der Waals surface area (Å²) >= 11 is 1.51. The molecule has 0 fully saturated rings. The highest BCUT2D eigenvalue weighted by Gasteiger charge is 2.35. The first kappa shape index (κ1) is 22.1. The van der Waals surface area contributed by atoms with Crippen molar-refractivity contribution in [3.05, 3.63) is 65.1 Å². The zero-order valence-electron chi connectivity index (χ0n) is 16.9. The number of aromatic nitrogens is 2. The number of nitrogens with zero attached hydrogens (tertiary/aromatic N) is 3. The molecular formula is C22H19F4N5S. The highest BCUT2D eigenvalue weighted by molar-refractivity contribution is 8.00. The number of thioether (sulfide) groups is 1. The Morgan fingerprint density at radius 2 is 1.94 bits per heavy atom. The van der Waals surface area contributed by atoms with Crippen molar-refractivity contribution in [1.29, 1.82) is 0 Å². The smallest absolute Gasteiger partial charge is 0.398 e. The quantitative estimate of drug-likeness (QED) is 0.237. The van der Waals surface area contributed by atoms with Crippen molar-refractivity contribution in [2.75, 3.05) is 5.73 Å². The SMILES string of the molecule is CCC1Cc2nc(-c3ccccc3C(F)(F)F)nc(N=C(N)c3cc(F)ccc3N)c2S1. The number of hydrogen-bond acceptors (Lipinski definition) is 5. The minimum absolute atomic E-state index is 0.0847. The van der Waals surface area contributed by atoms with Gasteiger partial charge in [-0.2, -0.15) is 13.2 Å². The third-order valence-electron chi connectivity index (χ3n) is 5.07. The van der Waals surface area contributed by atoms with E-state index in [1.165, 1.54) is 42.1 Å². The fourth-order valence-electron chi connectivity index (χ4n) is 3.44. The van der Waals surface area contributed by atoms with Gasteiger partial charge in [0.15, 0.2) is 11.6 Å². The molecule has 0 saturated heterocycles. The van der Waals surface area contributed by atoms with Crippen molar-refractivity contribution in [2.24, 2.45) is 10.7 Å². The predicted octanol–water partition coefficient (Wildman–Crippen LogP) is 5.35. The van der Waals surface area contributed by atoms with Crippen LogP contribution in [0.25, 0.3) is 11.4 Å². The van der Waals surface area contributed by atoms with Crippen molar-refractivity contribution < 1.29 is 17.6 Å². The normalized spacial score (nSPS) is 16.3. The molecule has 1 aliphatic rings. The molecule has 0 aliphatic carbocycles. The zero-order chi connectivity index (χ0) is 23.0. The van der Waals surface area contributed by atoms with Crippen LogP contribution in [0.4, 0.5) is 29.1 Å². The number of hydrogen-bond donors (Lipinski definition) is 2. The maximum atomic E-state index is 13.7. The summed E-state index contributed by atoms with van der Waals surface area (Å²) in [6.07, 6.45) is -3.16. The largest absolute Gasteiger partial charge is 0.417 e. The molecule has 4 rings (SSSR count). The van der Waals surface area contributed by atoms with Crippen molar-refractivity contribution in [3.63, 3.8) is 0 Å². The summed E-state index contributed by atoms with van der Waals surface area (Å²) in [5.41, 5.74) is 12.0. The maximum absolute atomic E-state index is 13.7. The number of benzene rings is 2.